The molecule has 4 heteroatoms. The van der Waals surface area contributed by atoms with Crippen LogP contribution in [0.5, 0.6) is 0 Å². The average Bonchev–Trinajstić information content (AvgIpc) is 2.79. The van der Waals surface area contributed by atoms with Crippen molar-refractivity contribution in [3.05, 3.63) is 35.9 Å². The Morgan fingerprint density at radius 2 is 2.06 bits per heavy atom. The molecule has 1 aromatic carbocycles. The summed E-state index contributed by atoms with van der Waals surface area (Å²) in [5.74, 6) is 0.129. The van der Waals surface area contributed by atoms with Crippen LogP contribution in [0.2, 0.25) is 0 Å². The smallest absolute Gasteiger partial charge is 0.310 e. The highest BCUT2D eigenvalue weighted by Gasteiger charge is 2.34. The summed E-state index contributed by atoms with van der Waals surface area (Å²) >= 11 is 0. The summed E-state index contributed by atoms with van der Waals surface area (Å²) in [6, 6.07) is 10.2. The van der Waals surface area contributed by atoms with Crippen molar-refractivity contribution >= 4 is 18.4 Å². The Hall–Kier alpha value is -1.06. The topological polar surface area (TPSA) is 38.3 Å². The van der Waals surface area contributed by atoms with Gasteiger partial charge in [0.2, 0.25) is 0 Å². The molecule has 1 fully saturated rings. The zero-order valence-corrected chi connectivity index (χ0v) is 10.7. The lowest BCUT2D eigenvalue weighted by Gasteiger charge is -2.17. The Morgan fingerprint density at radius 3 is 2.71 bits per heavy atom. The summed E-state index contributed by atoms with van der Waals surface area (Å²) in [5, 5.41) is 3.26. The van der Waals surface area contributed by atoms with Gasteiger partial charge in [-0.25, -0.2) is 0 Å². The van der Waals surface area contributed by atoms with Crippen LogP contribution < -0.4 is 5.32 Å². The molecule has 17 heavy (non-hydrogen) atoms. The molecule has 1 heterocycles. The van der Waals surface area contributed by atoms with E-state index in [4.69, 9.17) is 4.74 Å². The van der Waals surface area contributed by atoms with E-state index in [1.54, 1.807) is 0 Å². The highest BCUT2D eigenvalue weighted by molar-refractivity contribution is 5.85. The lowest BCUT2D eigenvalue weighted by molar-refractivity contribution is -0.147. The first-order valence-electron chi connectivity index (χ1n) is 5.75. The van der Waals surface area contributed by atoms with Crippen LogP contribution in [0.15, 0.2) is 30.3 Å². The number of hydrogen-bond donors (Lipinski definition) is 1. The normalized spacial score (nSPS) is 22.9. The highest BCUT2D eigenvalue weighted by Crippen LogP contribution is 2.28. The van der Waals surface area contributed by atoms with Crippen LogP contribution >= 0.6 is 12.4 Å². The lowest BCUT2D eigenvalue weighted by atomic mass is 9.89. The molecule has 1 aromatic rings. The van der Waals surface area contributed by atoms with Crippen molar-refractivity contribution in [1.29, 1.82) is 0 Å². The Balaban J connectivity index is 0.00000144. The van der Waals surface area contributed by atoms with E-state index in [0.717, 1.165) is 13.1 Å². The van der Waals surface area contributed by atoms with Gasteiger partial charge in [0.25, 0.3) is 0 Å². The predicted octanol–water partition coefficient (Wildman–Crippen LogP) is 1.97. The van der Waals surface area contributed by atoms with Gasteiger partial charge in [-0.2, -0.15) is 0 Å². The zero-order valence-electron chi connectivity index (χ0n) is 9.89. The fourth-order valence-corrected chi connectivity index (χ4v) is 2.23. The molecule has 0 unspecified atom stereocenters. The van der Waals surface area contributed by atoms with E-state index >= 15 is 0 Å². The van der Waals surface area contributed by atoms with Crippen molar-refractivity contribution in [2.24, 2.45) is 5.92 Å². The first kappa shape index (κ1) is 14.0. The molecular formula is C13H18ClNO2. The zero-order chi connectivity index (χ0) is 11.4. The summed E-state index contributed by atoms with van der Waals surface area (Å²) in [7, 11) is 0. The van der Waals surface area contributed by atoms with Crippen LogP contribution in [-0.4, -0.2) is 25.7 Å². The number of carbonyl (C=O) groups is 1. The monoisotopic (exact) mass is 255 g/mol. The minimum Gasteiger partial charge on any atom is -0.466 e. The predicted molar refractivity (Wildman–Crippen MR) is 69.4 cm³/mol. The van der Waals surface area contributed by atoms with Crippen molar-refractivity contribution in [2.45, 2.75) is 12.8 Å². The maximum atomic E-state index is 11.8. The SMILES string of the molecule is CCOC(=O)[C@H]1CNC[C@@H]1c1ccccc1.Cl. The van der Waals surface area contributed by atoms with Crippen molar-refractivity contribution in [3.63, 3.8) is 0 Å². The van der Waals surface area contributed by atoms with Crippen molar-refractivity contribution in [3.8, 4) is 0 Å². The molecule has 94 valence electrons. The van der Waals surface area contributed by atoms with Gasteiger partial charge in [-0.05, 0) is 12.5 Å². The fraction of sp³-hybridized carbons (Fsp3) is 0.462. The number of rotatable bonds is 3. The molecule has 1 aliphatic rings. The van der Waals surface area contributed by atoms with Crippen molar-refractivity contribution < 1.29 is 9.53 Å². The number of esters is 1. The number of hydrogen-bond acceptors (Lipinski definition) is 3. The molecule has 2 atom stereocenters. The van der Waals surface area contributed by atoms with E-state index in [1.165, 1.54) is 5.56 Å². The average molecular weight is 256 g/mol. The number of benzene rings is 1. The fourth-order valence-electron chi connectivity index (χ4n) is 2.23. The van der Waals surface area contributed by atoms with Crippen LogP contribution in [0.1, 0.15) is 18.4 Å². The molecule has 1 aliphatic heterocycles. The van der Waals surface area contributed by atoms with E-state index in [9.17, 15) is 4.79 Å². The molecule has 0 aromatic heterocycles. The van der Waals surface area contributed by atoms with Gasteiger partial charge in [0.15, 0.2) is 0 Å². The van der Waals surface area contributed by atoms with Gasteiger partial charge in [-0.1, -0.05) is 30.3 Å². The van der Waals surface area contributed by atoms with Crippen molar-refractivity contribution in [2.75, 3.05) is 19.7 Å². The highest BCUT2D eigenvalue weighted by atomic mass is 35.5. The maximum Gasteiger partial charge on any atom is 0.310 e. The number of carbonyl (C=O) groups excluding carboxylic acids is 1. The number of nitrogens with one attached hydrogen (secondary N) is 1. The molecule has 1 saturated heterocycles. The largest absolute Gasteiger partial charge is 0.466 e. The van der Waals surface area contributed by atoms with Gasteiger partial charge in [0, 0.05) is 19.0 Å². The van der Waals surface area contributed by atoms with Crippen LogP contribution in [0.25, 0.3) is 0 Å². The van der Waals surface area contributed by atoms with Gasteiger partial charge < -0.3 is 10.1 Å². The molecule has 3 nitrogen and oxygen atoms in total. The minimum atomic E-state index is -0.0821. The summed E-state index contributed by atoms with van der Waals surface area (Å²) in [5.41, 5.74) is 1.21. The second kappa shape index (κ2) is 6.62. The van der Waals surface area contributed by atoms with Gasteiger partial charge in [0.1, 0.15) is 0 Å². The molecule has 1 N–H and O–H groups in total. The van der Waals surface area contributed by atoms with E-state index in [0.29, 0.717) is 6.61 Å². The second-order valence-corrected chi connectivity index (χ2v) is 4.03. The first-order chi connectivity index (χ1) is 7.83. The van der Waals surface area contributed by atoms with Crippen LogP contribution in [0.3, 0.4) is 0 Å². The summed E-state index contributed by atoms with van der Waals surface area (Å²) in [4.78, 5) is 11.8. The molecule has 0 aliphatic carbocycles. The third-order valence-electron chi connectivity index (χ3n) is 3.03. The third-order valence-corrected chi connectivity index (χ3v) is 3.03. The standard InChI is InChI=1S/C13H17NO2.ClH/c1-2-16-13(15)12-9-14-8-11(12)10-6-4-3-5-7-10;/h3-7,11-12,14H,2,8-9H2,1H3;1H/t11-,12+;/m1./s1. The van der Waals surface area contributed by atoms with E-state index in [1.807, 2.05) is 25.1 Å². The molecule has 2 rings (SSSR count). The number of halogens is 1. The minimum absolute atomic E-state index is 0. The molecule has 0 radical (unpaired) electrons. The van der Waals surface area contributed by atoms with Gasteiger partial charge in [-0.3, -0.25) is 4.79 Å². The Morgan fingerprint density at radius 1 is 1.35 bits per heavy atom. The van der Waals surface area contributed by atoms with Crippen LogP contribution in [0, 0.1) is 5.92 Å². The lowest BCUT2D eigenvalue weighted by Crippen LogP contribution is -2.24. The van der Waals surface area contributed by atoms with E-state index in [2.05, 4.69) is 17.4 Å². The Kier molecular flexibility index (Phi) is 5.45. The quantitative estimate of drug-likeness (QED) is 0.840. The van der Waals surface area contributed by atoms with E-state index in [-0.39, 0.29) is 30.2 Å². The summed E-state index contributed by atoms with van der Waals surface area (Å²) < 4.78 is 5.10. The molecule has 0 bridgehead atoms. The Labute approximate surface area is 108 Å². The van der Waals surface area contributed by atoms with Crippen LogP contribution in [0.4, 0.5) is 0 Å². The second-order valence-electron chi connectivity index (χ2n) is 4.03. The summed E-state index contributed by atoms with van der Waals surface area (Å²) in [6.45, 7) is 3.88. The van der Waals surface area contributed by atoms with Gasteiger partial charge >= 0.3 is 5.97 Å². The third kappa shape index (κ3) is 3.20. The molecule has 0 saturated carbocycles. The molecule has 0 amide bonds. The molecule has 0 spiro atoms. The maximum absolute atomic E-state index is 11.8. The molecular weight excluding hydrogens is 238 g/mol. The first-order valence-corrected chi connectivity index (χ1v) is 5.75. The van der Waals surface area contributed by atoms with Crippen LogP contribution in [-0.2, 0) is 9.53 Å². The van der Waals surface area contributed by atoms with Crippen molar-refractivity contribution in [1.82, 2.24) is 5.32 Å². The number of ether oxygens (including phenoxy) is 1. The van der Waals surface area contributed by atoms with Gasteiger partial charge in [-0.15, -0.1) is 12.4 Å². The Bertz CT molecular complexity index is 356. The van der Waals surface area contributed by atoms with Gasteiger partial charge in [0.05, 0.1) is 12.5 Å². The van der Waals surface area contributed by atoms with E-state index < -0.39 is 0 Å². The summed E-state index contributed by atoms with van der Waals surface area (Å²) in [6.07, 6.45) is 0.